The van der Waals surface area contributed by atoms with Crippen molar-refractivity contribution in [1.29, 1.82) is 0 Å². The number of nitrogens with two attached hydrogens (primary N) is 1. The van der Waals surface area contributed by atoms with Crippen LogP contribution in [-0.2, 0) is 0 Å². The lowest BCUT2D eigenvalue weighted by Crippen LogP contribution is -2.38. The van der Waals surface area contributed by atoms with Crippen LogP contribution in [0.5, 0.6) is 5.75 Å². The summed E-state index contributed by atoms with van der Waals surface area (Å²) in [7, 11) is 1.70. The second-order valence-electron chi connectivity index (χ2n) is 4.10. The third-order valence-corrected chi connectivity index (χ3v) is 4.24. The molecular formula is C12H17NOS. The monoisotopic (exact) mass is 223 g/mol. The molecule has 1 aromatic carbocycles. The third-order valence-electron chi connectivity index (χ3n) is 2.81. The molecule has 2 rings (SSSR count). The van der Waals surface area contributed by atoms with E-state index in [1.807, 2.05) is 17.8 Å². The van der Waals surface area contributed by atoms with Crippen LogP contribution in [0.4, 0.5) is 0 Å². The molecule has 0 atom stereocenters. The van der Waals surface area contributed by atoms with Gasteiger partial charge in [-0.15, -0.1) is 11.8 Å². The molecule has 0 bridgehead atoms. The number of methoxy groups -OCH3 is 1. The van der Waals surface area contributed by atoms with E-state index in [0.29, 0.717) is 11.3 Å². The highest BCUT2D eigenvalue weighted by molar-refractivity contribution is 8.00. The number of thioether (sulfide) groups is 1. The highest BCUT2D eigenvalue weighted by Gasteiger charge is 2.26. The molecule has 0 unspecified atom stereocenters. The maximum absolute atomic E-state index is 5.77. The summed E-state index contributed by atoms with van der Waals surface area (Å²) < 4.78 is 5.18. The van der Waals surface area contributed by atoms with Crippen molar-refractivity contribution in [1.82, 2.24) is 0 Å². The maximum Gasteiger partial charge on any atom is 0.119 e. The second-order valence-corrected chi connectivity index (χ2v) is 5.44. The molecule has 1 aliphatic rings. The summed E-state index contributed by atoms with van der Waals surface area (Å²) in [6, 6.07) is 6.68. The van der Waals surface area contributed by atoms with Crippen LogP contribution >= 0.6 is 11.8 Å². The average Bonchev–Trinajstić information content (AvgIpc) is 2.18. The molecule has 1 fully saturated rings. The molecule has 0 heterocycles. The predicted octanol–water partition coefficient (Wildman–Crippen LogP) is 2.59. The molecule has 2 nitrogen and oxygen atoms in total. The van der Waals surface area contributed by atoms with E-state index >= 15 is 0 Å². The Kier molecular flexibility index (Phi) is 3.22. The first-order chi connectivity index (χ1) is 7.19. The first-order valence-corrected chi connectivity index (χ1v) is 6.14. The zero-order valence-corrected chi connectivity index (χ0v) is 10.0. The van der Waals surface area contributed by atoms with Crippen LogP contribution in [0.15, 0.2) is 23.1 Å². The van der Waals surface area contributed by atoms with E-state index in [0.717, 1.165) is 18.6 Å². The summed E-state index contributed by atoms with van der Waals surface area (Å²) in [5.74, 6) is 0.933. The summed E-state index contributed by atoms with van der Waals surface area (Å²) in [6.07, 6.45) is 2.30. The number of rotatable bonds is 3. The number of aryl methyl sites for hydroxylation is 1. The molecule has 0 radical (unpaired) electrons. The zero-order valence-electron chi connectivity index (χ0n) is 9.19. The summed E-state index contributed by atoms with van der Waals surface area (Å²) in [6.45, 7) is 2.13. The van der Waals surface area contributed by atoms with Crippen molar-refractivity contribution in [2.45, 2.75) is 36.0 Å². The fourth-order valence-corrected chi connectivity index (χ4v) is 3.20. The predicted molar refractivity (Wildman–Crippen MR) is 64.6 cm³/mol. The van der Waals surface area contributed by atoms with Gasteiger partial charge in [-0.3, -0.25) is 0 Å². The minimum absolute atomic E-state index is 0.432. The highest BCUT2D eigenvalue weighted by Crippen LogP contribution is 2.37. The van der Waals surface area contributed by atoms with Crippen molar-refractivity contribution >= 4 is 11.8 Å². The summed E-state index contributed by atoms with van der Waals surface area (Å²) in [5.41, 5.74) is 7.06. The molecule has 0 amide bonds. The van der Waals surface area contributed by atoms with Crippen molar-refractivity contribution in [3.05, 3.63) is 23.8 Å². The molecule has 1 aromatic rings. The molecule has 0 spiro atoms. The van der Waals surface area contributed by atoms with E-state index in [9.17, 15) is 0 Å². The molecule has 2 N–H and O–H groups in total. The van der Waals surface area contributed by atoms with Gasteiger partial charge in [0.1, 0.15) is 5.75 Å². The fourth-order valence-electron chi connectivity index (χ4n) is 1.76. The van der Waals surface area contributed by atoms with Crippen LogP contribution < -0.4 is 10.5 Å². The van der Waals surface area contributed by atoms with Gasteiger partial charge < -0.3 is 10.5 Å². The maximum atomic E-state index is 5.77. The van der Waals surface area contributed by atoms with E-state index in [2.05, 4.69) is 19.1 Å². The standard InChI is InChI=1S/C12H17NOS/c1-8-5-10(14-2)3-4-12(8)15-11-6-9(13)7-11/h3-5,9,11H,6-7,13H2,1-2H3. The number of hydrogen-bond donors (Lipinski definition) is 1. The minimum Gasteiger partial charge on any atom is -0.497 e. The first kappa shape index (κ1) is 10.8. The minimum atomic E-state index is 0.432. The van der Waals surface area contributed by atoms with Gasteiger partial charge >= 0.3 is 0 Å². The van der Waals surface area contributed by atoms with Crippen LogP contribution in [0, 0.1) is 6.92 Å². The summed E-state index contributed by atoms with van der Waals surface area (Å²) in [5, 5.41) is 0.715. The van der Waals surface area contributed by atoms with Gasteiger partial charge in [-0.05, 0) is 43.5 Å². The number of benzene rings is 1. The topological polar surface area (TPSA) is 35.2 Å². The van der Waals surface area contributed by atoms with Gasteiger partial charge in [0.25, 0.3) is 0 Å². The van der Waals surface area contributed by atoms with Crippen molar-refractivity contribution in [2.75, 3.05) is 7.11 Å². The Morgan fingerprint density at radius 1 is 1.40 bits per heavy atom. The van der Waals surface area contributed by atoms with Gasteiger partial charge in [0.2, 0.25) is 0 Å². The number of ether oxygens (including phenoxy) is 1. The third kappa shape index (κ3) is 2.47. The Balaban J connectivity index is 2.02. The lowest BCUT2D eigenvalue weighted by molar-refractivity contribution is 0.414. The Morgan fingerprint density at radius 2 is 2.13 bits per heavy atom. The smallest absolute Gasteiger partial charge is 0.119 e. The summed E-state index contributed by atoms with van der Waals surface area (Å²) >= 11 is 1.94. The van der Waals surface area contributed by atoms with Gasteiger partial charge in [-0.1, -0.05) is 0 Å². The molecular weight excluding hydrogens is 206 g/mol. The fraction of sp³-hybridized carbons (Fsp3) is 0.500. The Morgan fingerprint density at radius 3 is 2.67 bits per heavy atom. The summed E-state index contributed by atoms with van der Waals surface area (Å²) in [4.78, 5) is 1.35. The van der Waals surface area contributed by atoms with Gasteiger partial charge in [-0.25, -0.2) is 0 Å². The first-order valence-electron chi connectivity index (χ1n) is 5.26. The van der Waals surface area contributed by atoms with Gasteiger partial charge in [0, 0.05) is 16.2 Å². The Hall–Kier alpha value is -0.670. The van der Waals surface area contributed by atoms with E-state index in [1.54, 1.807) is 7.11 Å². The van der Waals surface area contributed by atoms with Crippen molar-refractivity contribution < 1.29 is 4.74 Å². The molecule has 0 saturated heterocycles. The van der Waals surface area contributed by atoms with Crippen LogP contribution in [-0.4, -0.2) is 18.4 Å². The van der Waals surface area contributed by atoms with E-state index < -0.39 is 0 Å². The van der Waals surface area contributed by atoms with Gasteiger partial charge in [0.05, 0.1) is 7.11 Å². The second kappa shape index (κ2) is 4.45. The Bertz CT molecular complexity index is 347. The lowest BCUT2D eigenvalue weighted by atomic mass is 9.93. The molecule has 0 aromatic heterocycles. The lowest BCUT2D eigenvalue weighted by Gasteiger charge is -2.32. The van der Waals surface area contributed by atoms with Crippen LogP contribution in [0.25, 0.3) is 0 Å². The Labute approximate surface area is 95.2 Å². The van der Waals surface area contributed by atoms with Crippen LogP contribution in [0.1, 0.15) is 18.4 Å². The average molecular weight is 223 g/mol. The molecule has 1 saturated carbocycles. The highest BCUT2D eigenvalue weighted by atomic mass is 32.2. The molecule has 3 heteroatoms. The molecule has 15 heavy (non-hydrogen) atoms. The van der Waals surface area contributed by atoms with E-state index in [4.69, 9.17) is 10.5 Å². The van der Waals surface area contributed by atoms with E-state index in [1.165, 1.54) is 10.5 Å². The van der Waals surface area contributed by atoms with E-state index in [-0.39, 0.29) is 0 Å². The van der Waals surface area contributed by atoms with Crippen molar-refractivity contribution in [3.63, 3.8) is 0 Å². The van der Waals surface area contributed by atoms with Crippen molar-refractivity contribution in [3.8, 4) is 5.75 Å². The molecule has 0 aliphatic heterocycles. The van der Waals surface area contributed by atoms with Crippen LogP contribution in [0.2, 0.25) is 0 Å². The normalized spacial score (nSPS) is 24.7. The van der Waals surface area contributed by atoms with Gasteiger partial charge in [-0.2, -0.15) is 0 Å². The largest absolute Gasteiger partial charge is 0.497 e. The quantitative estimate of drug-likeness (QED) is 0.855. The molecule has 82 valence electrons. The molecule has 1 aliphatic carbocycles. The number of hydrogen-bond acceptors (Lipinski definition) is 3. The SMILES string of the molecule is COc1ccc(SC2CC(N)C2)c(C)c1. The zero-order chi connectivity index (χ0) is 10.8. The van der Waals surface area contributed by atoms with Crippen molar-refractivity contribution in [2.24, 2.45) is 5.73 Å². The van der Waals surface area contributed by atoms with Crippen LogP contribution in [0.3, 0.4) is 0 Å². The van der Waals surface area contributed by atoms with Gasteiger partial charge in [0.15, 0.2) is 0 Å².